The van der Waals surface area contributed by atoms with Gasteiger partial charge in [0.15, 0.2) is 0 Å². The van der Waals surface area contributed by atoms with Crippen LogP contribution >= 0.6 is 11.6 Å². The SMILES string of the molecule is O=C(O)c1cccc(N2OOC(c3ccc(Cl)cc3)O2)c1. The molecular weight excluding hydrogens is 298 g/mol. The molecule has 21 heavy (non-hydrogen) atoms. The zero-order chi connectivity index (χ0) is 14.8. The van der Waals surface area contributed by atoms with E-state index in [0.717, 1.165) is 10.8 Å². The van der Waals surface area contributed by atoms with Crippen LogP contribution in [0.5, 0.6) is 0 Å². The van der Waals surface area contributed by atoms with Crippen LogP contribution in [0.1, 0.15) is 22.2 Å². The molecule has 2 aromatic rings. The second-order valence-electron chi connectivity index (χ2n) is 4.27. The summed E-state index contributed by atoms with van der Waals surface area (Å²) in [6.07, 6.45) is -0.754. The van der Waals surface area contributed by atoms with Crippen molar-refractivity contribution in [1.82, 2.24) is 0 Å². The van der Waals surface area contributed by atoms with Crippen molar-refractivity contribution in [3.63, 3.8) is 0 Å². The first kappa shape index (κ1) is 13.8. The van der Waals surface area contributed by atoms with E-state index >= 15 is 0 Å². The van der Waals surface area contributed by atoms with Crippen molar-refractivity contribution in [1.29, 1.82) is 0 Å². The molecule has 3 rings (SSSR count). The average molecular weight is 308 g/mol. The van der Waals surface area contributed by atoms with Gasteiger partial charge in [0, 0.05) is 10.6 Å². The highest BCUT2D eigenvalue weighted by Crippen LogP contribution is 2.31. The van der Waals surface area contributed by atoms with E-state index < -0.39 is 12.3 Å². The predicted molar refractivity (Wildman–Crippen MR) is 73.3 cm³/mol. The molecule has 1 heterocycles. The van der Waals surface area contributed by atoms with Gasteiger partial charge in [-0.15, -0.1) is 0 Å². The van der Waals surface area contributed by atoms with E-state index in [2.05, 4.69) is 0 Å². The molecule has 0 radical (unpaired) electrons. The standard InChI is InChI=1S/C14H10ClNO5/c15-11-6-4-9(5-7-11)14-19-16(21-20-14)12-3-1-2-10(8-12)13(17)18/h1-8,14H,(H,17,18). The van der Waals surface area contributed by atoms with Gasteiger partial charge in [-0.1, -0.05) is 40.0 Å². The maximum atomic E-state index is 10.9. The van der Waals surface area contributed by atoms with E-state index in [4.69, 9.17) is 31.4 Å². The third kappa shape index (κ3) is 2.98. The fourth-order valence-electron chi connectivity index (χ4n) is 1.79. The summed E-state index contributed by atoms with van der Waals surface area (Å²) in [6, 6.07) is 13.0. The number of benzene rings is 2. The fourth-order valence-corrected chi connectivity index (χ4v) is 1.92. The number of hydrogen-bond acceptors (Lipinski definition) is 5. The Hall–Kier alpha value is -2.12. The minimum atomic E-state index is -1.04. The quantitative estimate of drug-likeness (QED) is 0.877. The van der Waals surface area contributed by atoms with Gasteiger partial charge < -0.3 is 5.11 Å². The largest absolute Gasteiger partial charge is 0.478 e. The van der Waals surface area contributed by atoms with Gasteiger partial charge >= 0.3 is 5.97 Å². The van der Waals surface area contributed by atoms with E-state index in [0.29, 0.717) is 10.7 Å². The van der Waals surface area contributed by atoms with Gasteiger partial charge in [0.1, 0.15) is 0 Å². The summed E-state index contributed by atoms with van der Waals surface area (Å²) in [5.74, 6) is -1.04. The minimum Gasteiger partial charge on any atom is -0.478 e. The summed E-state index contributed by atoms with van der Waals surface area (Å²) in [5, 5.41) is 10.6. The van der Waals surface area contributed by atoms with Crippen molar-refractivity contribution < 1.29 is 24.6 Å². The second kappa shape index (κ2) is 5.71. The van der Waals surface area contributed by atoms with E-state index in [1.807, 2.05) is 0 Å². The molecule has 2 aromatic carbocycles. The lowest BCUT2D eigenvalue weighted by molar-refractivity contribution is -0.286. The normalized spacial score (nSPS) is 18.0. The van der Waals surface area contributed by atoms with Crippen molar-refractivity contribution in [2.75, 3.05) is 5.23 Å². The summed E-state index contributed by atoms with van der Waals surface area (Å²) < 4.78 is 0. The van der Waals surface area contributed by atoms with Crippen LogP contribution in [-0.2, 0) is 14.7 Å². The Morgan fingerprint density at radius 2 is 1.95 bits per heavy atom. The van der Waals surface area contributed by atoms with Gasteiger partial charge in [-0.2, -0.15) is 4.89 Å². The molecule has 1 saturated heterocycles. The number of hydrogen-bond donors (Lipinski definition) is 1. The molecule has 6 nitrogen and oxygen atoms in total. The van der Waals surface area contributed by atoms with Gasteiger partial charge in [-0.25, -0.2) is 9.63 Å². The fraction of sp³-hybridized carbons (Fsp3) is 0.0714. The number of carbonyl (C=O) groups is 1. The number of carboxylic acids is 1. The maximum absolute atomic E-state index is 10.9. The Labute approximate surface area is 124 Å². The van der Waals surface area contributed by atoms with Crippen LogP contribution in [-0.4, -0.2) is 11.1 Å². The van der Waals surface area contributed by atoms with Gasteiger partial charge in [-0.3, -0.25) is 0 Å². The van der Waals surface area contributed by atoms with Gasteiger partial charge in [0.25, 0.3) is 0 Å². The monoisotopic (exact) mass is 307 g/mol. The van der Waals surface area contributed by atoms with Crippen molar-refractivity contribution >= 4 is 23.3 Å². The third-order valence-electron chi connectivity index (χ3n) is 2.84. The smallest absolute Gasteiger partial charge is 0.335 e. The molecule has 1 unspecified atom stereocenters. The Bertz CT molecular complexity index is 661. The van der Waals surface area contributed by atoms with E-state index in [1.165, 1.54) is 12.1 Å². The Morgan fingerprint density at radius 1 is 1.19 bits per heavy atom. The summed E-state index contributed by atoms with van der Waals surface area (Å²) in [7, 11) is 0. The molecule has 1 aliphatic rings. The number of nitrogens with zero attached hydrogens (tertiary/aromatic N) is 1. The van der Waals surface area contributed by atoms with Crippen LogP contribution in [0.25, 0.3) is 0 Å². The van der Waals surface area contributed by atoms with Crippen molar-refractivity contribution in [2.24, 2.45) is 0 Å². The lowest BCUT2D eigenvalue weighted by atomic mass is 10.2. The van der Waals surface area contributed by atoms with Crippen LogP contribution in [0.3, 0.4) is 0 Å². The van der Waals surface area contributed by atoms with Crippen LogP contribution in [0.15, 0.2) is 48.5 Å². The van der Waals surface area contributed by atoms with Gasteiger partial charge in [-0.05, 0) is 30.3 Å². The molecule has 7 heteroatoms. The summed E-state index contributed by atoms with van der Waals surface area (Å²) >= 11 is 5.81. The third-order valence-corrected chi connectivity index (χ3v) is 3.09. The molecule has 108 valence electrons. The van der Waals surface area contributed by atoms with E-state index in [1.54, 1.807) is 36.4 Å². The van der Waals surface area contributed by atoms with Crippen LogP contribution in [0.2, 0.25) is 5.02 Å². The van der Waals surface area contributed by atoms with E-state index in [-0.39, 0.29) is 5.56 Å². The highest BCUT2D eigenvalue weighted by molar-refractivity contribution is 6.30. The number of aromatic carboxylic acids is 1. The van der Waals surface area contributed by atoms with Crippen molar-refractivity contribution in [3.05, 3.63) is 64.7 Å². The molecule has 0 spiro atoms. The lowest BCUT2D eigenvalue weighted by Crippen LogP contribution is -2.15. The molecule has 1 N–H and O–H groups in total. The highest BCUT2D eigenvalue weighted by Gasteiger charge is 2.29. The van der Waals surface area contributed by atoms with Crippen LogP contribution in [0.4, 0.5) is 5.69 Å². The molecule has 0 aromatic heterocycles. The molecule has 0 amide bonds. The van der Waals surface area contributed by atoms with Gasteiger partial charge in [0.2, 0.25) is 6.29 Å². The summed E-state index contributed by atoms with van der Waals surface area (Å²) in [5.41, 5.74) is 1.25. The molecule has 1 atom stereocenters. The Balaban J connectivity index is 1.76. The van der Waals surface area contributed by atoms with Crippen LogP contribution in [0, 0.1) is 0 Å². The first-order valence-corrected chi connectivity index (χ1v) is 6.40. The van der Waals surface area contributed by atoms with Crippen molar-refractivity contribution in [2.45, 2.75) is 6.29 Å². The summed E-state index contributed by atoms with van der Waals surface area (Å²) in [6.45, 7) is 0. The van der Waals surface area contributed by atoms with Gasteiger partial charge in [0.05, 0.1) is 11.3 Å². The molecule has 0 aliphatic carbocycles. The van der Waals surface area contributed by atoms with Crippen molar-refractivity contribution in [3.8, 4) is 0 Å². The Morgan fingerprint density at radius 3 is 2.67 bits per heavy atom. The predicted octanol–water partition coefficient (Wildman–Crippen LogP) is 3.35. The zero-order valence-corrected chi connectivity index (χ0v) is 11.4. The average Bonchev–Trinajstić information content (AvgIpc) is 2.98. The maximum Gasteiger partial charge on any atom is 0.335 e. The topological polar surface area (TPSA) is 68.2 Å². The second-order valence-corrected chi connectivity index (χ2v) is 4.71. The molecule has 1 fully saturated rings. The van der Waals surface area contributed by atoms with E-state index in [9.17, 15) is 4.79 Å². The number of halogens is 1. The molecule has 0 bridgehead atoms. The summed E-state index contributed by atoms with van der Waals surface area (Å²) in [4.78, 5) is 26.4. The Kier molecular flexibility index (Phi) is 3.76. The highest BCUT2D eigenvalue weighted by atomic mass is 35.5. The number of rotatable bonds is 3. The minimum absolute atomic E-state index is 0.120. The zero-order valence-electron chi connectivity index (χ0n) is 10.6. The number of carboxylic acid groups (broad SMARTS) is 1. The number of anilines is 1. The molecule has 1 aliphatic heterocycles. The molecule has 0 saturated carbocycles. The lowest BCUT2D eigenvalue weighted by Gasteiger charge is -2.12. The molecular formula is C14H10ClNO5. The first-order valence-electron chi connectivity index (χ1n) is 6.02. The first-order chi connectivity index (χ1) is 10.1. The van der Waals surface area contributed by atoms with Crippen LogP contribution < -0.4 is 5.23 Å².